The quantitative estimate of drug-likeness (QED) is 0.198. The highest BCUT2D eigenvalue weighted by molar-refractivity contribution is 5.77. The maximum absolute atomic E-state index is 14.0. The summed E-state index contributed by atoms with van der Waals surface area (Å²) in [4.78, 5) is 14.7. The van der Waals surface area contributed by atoms with E-state index < -0.39 is 0 Å². The Bertz CT molecular complexity index is 976. The fraction of sp³-hybridized carbons (Fsp3) is 0.345. The number of hydrogen-bond donors (Lipinski definition) is 2. The fourth-order valence-corrected chi connectivity index (χ4v) is 4.48. The van der Waals surface area contributed by atoms with Gasteiger partial charge in [-0.15, -0.1) is 0 Å². The van der Waals surface area contributed by atoms with Crippen molar-refractivity contribution in [3.8, 4) is 0 Å². The van der Waals surface area contributed by atoms with Crippen molar-refractivity contribution in [1.29, 1.82) is 0 Å². The summed E-state index contributed by atoms with van der Waals surface area (Å²) in [5.41, 5.74) is 6.44. The Labute approximate surface area is 202 Å². The molecule has 1 atom stereocenters. The summed E-state index contributed by atoms with van der Waals surface area (Å²) in [7, 11) is 0. The zero-order valence-electron chi connectivity index (χ0n) is 20.1. The van der Waals surface area contributed by atoms with Crippen LogP contribution in [0.2, 0.25) is 0 Å². The zero-order valence-corrected chi connectivity index (χ0v) is 20.1. The normalized spacial score (nSPS) is 12.0. The number of hydrogen-bond acceptors (Lipinski definition) is 3. The van der Waals surface area contributed by atoms with Gasteiger partial charge in [0.15, 0.2) is 0 Å². The van der Waals surface area contributed by atoms with E-state index in [0.717, 1.165) is 38.0 Å². The van der Waals surface area contributed by atoms with Crippen molar-refractivity contribution in [3.05, 3.63) is 106 Å². The first-order chi connectivity index (χ1) is 16.5. The van der Waals surface area contributed by atoms with Gasteiger partial charge in [0, 0.05) is 19.0 Å². The van der Waals surface area contributed by atoms with E-state index >= 15 is 0 Å². The molecule has 0 unspecified atom stereocenters. The van der Waals surface area contributed by atoms with Crippen molar-refractivity contribution >= 4 is 5.91 Å². The van der Waals surface area contributed by atoms with E-state index in [9.17, 15) is 14.4 Å². The number of nitrogens with one attached hydrogen (secondary N) is 1. The topological polar surface area (TPSA) is 52.6 Å². The van der Waals surface area contributed by atoms with E-state index in [-0.39, 0.29) is 17.6 Å². The molecule has 0 aliphatic rings. The molecule has 0 saturated heterocycles. The van der Waals surface area contributed by atoms with Gasteiger partial charge in [0.2, 0.25) is 5.91 Å². The van der Waals surface area contributed by atoms with E-state index in [4.69, 9.17) is 0 Å². The summed E-state index contributed by atoms with van der Waals surface area (Å²) in [5, 5.41) is 9.24. The number of aryl methyl sites for hydroxylation is 2. The summed E-state index contributed by atoms with van der Waals surface area (Å²) in [6.45, 7) is 6.11. The summed E-state index contributed by atoms with van der Waals surface area (Å²) in [6, 6.07) is 24.5. The molecule has 180 valence electrons. The van der Waals surface area contributed by atoms with E-state index in [1.165, 1.54) is 11.1 Å². The number of carbonyl (C=O) groups is 1. The third kappa shape index (κ3) is 7.79. The van der Waals surface area contributed by atoms with Crippen LogP contribution >= 0.6 is 0 Å². The molecule has 0 saturated carbocycles. The van der Waals surface area contributed by atoms with Gasteiger partial charge in [-0.2, -0.15) is 0 Å². The number of halogens is 1. The molecule has 3 aromatic carbocycles. The monoisotopic (exact) mass is 462 g/mol. The molecule has 0 fully saturated rings. The number of hydroxylamine groups is 1. The molecule has 3 aromatic rings. The van der Waals surface area contributed by atoms with Crippen LogP contribution in [0, 0.1) is 25.6 Å². The van der Waals surface area contributed by atoms with Gasteiger partial charge in [0.25, 0.3) is 0 Å². The molecule has 0 heterocycles. The number of benzene rings is 3. The number of amides is 1. The van der Waals surface area contributed by atoms with Crippen molar-refractivity contribution in [2.75, 3.05) is 6.54 Å². The Hall–Kier alpha value is -3.02. The van der Waals surface area contributed by atoms with Gasteiger partial charge in [-0.25, -0.2) is 9.87 Å². The lowest BCUT2D eigenvalue weighted by molar-refractivity contribution is -0.133. The molecule has 2 N–H and O–H groups in total. The number of unbranched alkanes of at least 4 members (excludes halogenated alkanes) is 1. The molecule has 0 aliphatic carbocycles. The van der Waals surface area contributed by atoms with E-state index in [2.05, 4.69) is 53.4 Å². The third-order valence-corrected chi connectivity index (χ3v) is 6.23. The molecule has 1 amide bonds. The Morgan fingerprint density at radius 2 is 1.41 bits per heavy atom. The SMILES string of the molecule is Cc1cc(C[C@H](CCCCN(Cc2ccccc2)Cc2ccccc2)C(=O)NO)cc(C)c1F. The molecule has 0 spiro atoms. The molecule has 3 rings (SSSR count). The molecular formula is C29H35FN2O2. The van der Waals surface area contributed by atoms with Gasteiger partial charge in [-0.3, -0.25) is 14.9 Å². The van der Waals surface area contributed by atoms with Crippen molar-refractivity contribution in [3.63, 3.8) is 0 Å². The van der Waals surface area contributed by atoms with Gasteiger partial charge in [-0.05, 0) is 67.5 Å². The van der Waals surface area contributed by atoms with Gasteiger partial charge >= 0.3 is 0 Å². The van der Waals surface area contributed by atoms with E-state index in [1.807, 2.05) is 17.6 Å². The Morgan fingerprint density at radius 1 is 0.882 bits per heavy atom. The van der Waals surface area contributed by atoms with Crippen LogP contribution in [0.5, 0.6) is 0 Å². The zero-order chi connectivity index (χ0) is 24.3. The summed E-state index contributed by atoms with van der Waals surface area (Å²) >= 11 is 0. The summed E-state index contributed by atoms with van der Waals surface area (Å²) in [6.07, 6.45) is 2.94. The summed E-state index contributed by atoms with van der Waals surface area (Å²) in [5.74, 6) is -0.945. The lowest BCUT2D eigenvalue weighted by Crippen LogP contribution is -2.30. The van der Waals surface area contributed by atoms with E-state index in [1.54, 1.807) is 26.0 Å². The van der Waals surface area contributed by atoms with Gasteiger partial charge in [0.05, 0.1) is 0 Å². The highest BCUT2D eigenvalue weighted by Gasteiger charge is 2.19. The van der Waals surface area contributed by atoms with Crippen LogP contribution in [0.15, 0.2) is 72.8 Å². The van der Waals surface area contributed by atoms with Crippen molar-refractivity contribution in [2.45, 2.75) is 52.6 Å². The van der Waals surface area contributed by atoms with Gasteiger partial charge in [0.1, 0.15) is 5.82 Å². The number of nitrogens with zero attached hydrogens (tertiary/aromatic N) is 1. The van der Waals surface area contributed by atoms with Crippen LogP contribution in [0.1, 0.15) is 47.1 Å². The van der Waals surface area contributed by atoms with Gasteiger partial charge in [-0.1, -0.05) is 79.2 Å². The maximum Gasteiger partial charge on any atom is 0.246 e. The Morgan fingerprint density at radius 3 is 1.91 bits per heavy atom. The second kappa shape index (κ2) is 13.0. The molecule has 4 nitrogen and oxygen atoms in total. The average Bonchev–Trinajstić information content (AvgIpc) is 2.85. The van der Waals surface area contributed by atoms with Crippen LogP contribution in [0.3, 0.4) is 0 Å². The smallest absolute Gasteiger partial charge is 0.246 e. The van der Waals surface area contributed by atoms with Crippen LogP contribution < -0.4 is 5.48 Å². The van der Waals surface area contributed by atoms with Crippen molar-refractivity contribution < 1.29 is 14.4 Å². The number of rotatable bonds is 12. The first kappa shape index (κ1) is 25.6. The lowest BCUT2D eigenvalue weighted by Gasteiger charge is -2.23. The number of carbonyl (C=O) groups excluding carboxylic acids is 1. The van der Waals surface area contributed by atoms with Crippen molar-refractivity contribution in [2.24, 2.45) is 5.92 Å². The predicted octanol–water partition coefficient (Wildman–Crippen LogP) is 5.98. The highest BCUT2D eigenvalue weighted by atomic mass is 19.1. The highest BCUT2D eigenvalue weighted by Crippen LogP contribution is 2.21. The molecule has 5 heteroatoms. The largest absolute Gasteiger partial charge is 0.295 e. The van der Waals surface area contributed by atoms with Crippen LogP contribution in [0.25, 0.3) is 0 Å². The first-order valence-corrected chi connectivity index (χ1v) is 12.0. The van der Waals surface area contributed by atoms with Crippen molar-refractivity contribution in [1.82, 2.24) is 10.4 Å². The third-order valence-electron chi connectivity index (χ3n) is 6.23. The molecule has 0 aromatic heterocycles. The minimum atomic E-state index is -0.384. The van der Waals surface area contributed by atoms with Gasteiger partial charge < -0.3 is 0 Å². The molecular weight excluding hydrogens is 427 g/mol. The molecule has 0 bridgehead atoms. The Kier molecular flexibility index (Phi) is 9.80. The van der Waals surface area contributed by atoms with Crippen LogP contribution in [-0.2, 0) is 24.3 Å². The second-order valence-corrected chi connectivity index (χ2v) is 9.10. The summed E-state index contributed by atoms with van der Waals surface area (Å²) < 4.78 is 14.0. The molecule has 0 aliphatic heterocycles. The molecule has 0 radical (unpaired) electrons. The minimum absolute atomic E-state index is 0.205. The van der Waals surface area contributed by atoms with Crippen LogP contribution in [0.4, 0.5) is 4.39 Å². The fourth-order valence-electron chi connectivity index (χ4n) is 4.48. The maximum atomic E-state index is 14.0. The standard InChI is InChI=1S/C29H35FN2O2/c1-22-17-26(18-23(2)28(22)30)19-27(29(33)31-34)15-9-10-16-32(20-24-11-5-3-6-12-24)21-25-13-7-4-8-14-25/h3-8,11-14,17-18,27,34H,9-10,15-16,19-21H2,1-2H3,(H,31,33)/t27-/m0/s1. The van der Waals surface area contributed by atoms with E-state index in [0.29, 0.717) is 24.0 Å². The second-order valence-electron chi connectivity index (χ2n) is 9.10. The average molecular weight is 463 g/mol. The molecule has 34 heavy (non-hydrogen) atoms. The van der Waals surface area contributed by atoms with Crippen LogP contribution in [-0.4, -0.2) is 22.6 Å². The minimum Gasteiger partial charge on any atom is -0.295 e. The predicted molar refractivity (Wildman–Crippen MR) is 134 cm³/mol. The lowest BCUT2D eigenvalue weighted by atomic mass is 9.91. The Balaban J connectivity index is 1.59. The first-order valence-electron chi connectivity index (χ1n) is 12.0.